The van der Waals surface area contributed by atoms with Gasteiger partial charge in [0.05, 0.1) is 12.7 Å². The van der Waals surface area contributed by atoms with Gasteiger partial charge in [-0.3, -0.25) is 4.79 Å². The summed E-state index contributed by atoms with van der Waals surface area (Å²) in [6, 6.07) is 22.5. The second kappa shape index (κ2) is 9.75. The van der Waals surface area contributed by atoms with Crippen molar-refractivity contribution in [1.82, 2.24) is 4.90 Å². The predicted molar refractivity (Wildman–Crippen MR) is 116 cm³/mol. The maximum Gasteiger partial charge on any atom is 0.193 e. The van der Waals surface area contributed by atoms with Crippen LogP contribution in [0.15, 0.2) is 78.9 Å². The lowest BCUT2D eigenvalue weighted by molar-refractivity contribution is -0.268. The second-order valence-corrected chi connectivity index (χ2v) is 7.90. The Kier molecular flexibility index (Phi) is 6.61. The van der Waals surface area contributed by atoms with Crippen LogP contribution in [-0.2, 0) is 11.3 Å². The molecular weight excluding hydrogens is 409 g/mol. The smallest absolute Gasteiger partial charge is 0.193 e. The Balaban J connectivity index is 1.50. The van der Waals surface area contributed by atoms with E-state index in [1.54, 1.807) is 42.5 Å². The molecule has 1 amide bonds. The molecule has 3 aromatic carbocycles. The molecule has 2 unspecified atom stereocenters. The van der Waals surface area contributed by atoms with Gasteiger partial charge in [0, 0.05) is 30.1 Å². The highest BCUT2D eigenvalue weighted by atomic mass is 19.1. The van der Waals surface area contributed by atoms with Gasteiger partial charge in [-0.2, -0.15) is 0 Å². The van der Waals surface area contributed by atoms with Crippen LogP contribution in [0.2, 0.25) is 0 Å². The first-order valence-corrected chi connectivity index (χ1v) is 10.5. The number of likely N-dealkylation sites (tertiary alicyclic amines) is 1. The molecule has 0 aliphatic carbocycles. The highest BCUT2D eigenvalue weighted by molar-refractivity contribution is 6.09. The summed E-state index contributed by atoms with van der Waals surface area (Å²) in [6.45, 7) is 0.734. The van der Waals surface area contributed by atoms with E-state index in [1.807, 2.05) is 24.3 Å². The summed E-state index contributed by atoms with van der Waals surface area (Å²) in [7, 11) is 0. The maximum absolute atomic E-state index is 13.4. The minimum absolute atomic E-state index is 0.0691. The van der Waals surface area contributed by atoms with Gasteiger partial charge in [0.15, 0.2) is 5.78 Å². The van der Waals surface area contributed by atoms with Crippen molar-refractivity contribution in [2.75, 3.05) is 13.1 Å². The van der Waals surface area contributed by atoms with E-state index >= 15 is 0 Å². The molecule has 1 heterocycles. The molecule has 0 aromatic heterocycles. The van der Waals surface area contributed by atoms with Crippen LogP contribution >= 0.6 is 0 Å². The van der Waals surface area contributed by atoms with Gasteiger partial charge in [0.2, 0.25) is 0 Å². The molecule has 2 atom stereocenters. The van der Waals surface area contributed by atoms with Crippen LogP contribution in [0.1, 0.15) is 39.4 Å². The van der Waals surface area contributed by atoms with Crippen LogP contribution in [0.3, 0.4) is 0 Å². The van der Waals surface area contributed by atoms with Crippen molar-refractivity contribution in [3.05, 3.63) is 107 Å². The standard InChI is InChI=1S/C26H24FNO4/c27-22-11-9-19(10-12-22)23-13-14-28(26(30)31)16-24(23)32-17-18-5-4-8-21(15-18)25(29)20-6-2-1-3-7-20/h1-12,15,23-24H,13-14,16-17H2,(H,30,31)/p-1. The normalized spacial score (nSPS) is 18.3. The van der Waals surface area contributed by atoms with Gasteiger partial charge in [-0.05, 0) is 35.7 Å². The summed E-state index contributed by atoms with van der Waals surface area (Å²) in [5, 5.41) is 11.4. The maximum atomic E-state index is 13.4. The molecule has 0 N–H and O–H groups in total. The Morgan fingerprint density at radius 1 is 0.969 bits per heavy atom. The molecule has 6 heteroatoms. The number of ketones is 1. The number of rotatable bonds is 6. The Morgan fingerprint density at radius 3 is 2.41 bits per heavy atom. The van der Waals surface area contributed by atoms with E-state index in [-0.39, 0.29) is 30.7 Å². The molecule has 32 heavy (non-hydrogen) atoms. The van der Waals surface area contributed by atoms with E-state index in [2.05, 4.69) is 0 Å². The van der Waals surface area contributed by atoms with E-state index in [4.69, 9.17) is 4.74 Å². The number of nitrogens with zero attached hydrogens (tertiary/aromatic N) is 1. The largest absolute Gasteiger partial charge is 0.530 e. The van der Waals surface area contributed by atoms with E-state index in [9.17, 15) is 19.1 Å². The fraction of sp³-hybridized carbons (Fsp3) is 0.231. The predicted octanol–water partition coefficient (Wildman–Crippen LogP) is 3.77. The lowest BCUT2D eigenvalue weighted by Gasteiger charge is -2.40. The summed E-state index contributed by atoms with van der Waals surface area (Å²) < 4.78 is 19.5. The summed E-state index contributed by atoms with van der Waals surface area (Å²) in [4.78, 5) is 25.4. The lowest BCUT2D eigenvalue weighted by Crippen LogP contribution is -2.51. The zero-order valence-corrected chi connectivity index (χ0v) is 17.4. The van der Waals surface area contributed by atoms with E-state index in [0.717, 1.165) is 11.1 Å². The van der Waals surface area contributed by atoms with Gasteiger partial charge in [0.25, 0.3) is 0 Å². The van der Waals surface area contributed by atoms with Crippen molar-refractivity contribution in [2.45, 2.75) is 25.0 Å². The van der Waals surface area contributed by atoms with Crippen molar-refractivity contribution in [1.29, 1.82) is 0 Å². The zero-order chi connectivity index (χ0) is 22.5. The molecular formula is C26H23FNO4-. The zero-order valence-electron chi connectivity index (χ0n) is 17.4. The van der Waals surface area contributed by atoms with Crippen LogP contribution in [0.25, 0.3) is 0 Å². The van der Waals surface area contributed by atoms with Crippen LogP contribution in [-0.4, -0.2) is 36.0 Å². The molecule has 5 nitrogen and oxygen atoms in total. The minimum Gasteiger partial charge on any atom is -0.530 e. The van der Waals surface area contributed by atoms with Crippen LogP contribution in [0, 0.1) is 5.82 Å². The molecule has 0 bridgehead atoms. The van der Waals surface area contributed by atoms with E-state index in [0.29, 0.717) is 24.1 Å². The number of carbonyl (C=O) groups excluding carboxylic acids is 2. The summed E-state index contributed by atoms with van der Waals surface area (Å²) >= 11 is 0. The van der Waals surface area contributed by atoms with Gasteiger partial charge in [-0.15, -0.1) is 0 Å². The quantitative estimate of drug-likeness (QED) is 0.556. The molecule has 1 aliphatic rings. The highest BCUT2D eigenvalue weighted by Gasteiger charge is 2.31. The average Bonchev–Trinajstić information content (AvgIpc) is 2.83. The molecule has 1 saturated heterocycles. The molecule has 0 spiro atoms. The van der Waals surface area contributed by atoms with Crippen molar-refractivity contribution in [3.63, 3.8) is 0 Å². The van der Waals surface area contributed by atoms with E-state index < -0.39 is 12.2 Å². The minimum atomic E-state index is -1.23. The monoisotopic (exact) mass is 432 g/mol. The second-order valence-electron chi connectivity index (χ2n) is 7.90. The van der Waals surface area contributed by atoms with Gasteiger partial charge >= 0.3 is 0 Å². The summed E-state index contributed by atoms with van der Waals surface area (Å²) in [5.74, 6) is -0.462. The van der Waals surface area contributed by atoms with Crippen LogP contribution in [0.4, 0.5) is 9.18 Å². The number of hydrogen-bond donors (Lipinski definition) is 0. The Labute approximate surface area is 186 Å². The number of halogens is 1. The molecule has 1 aliphatic heterocycles. The average molecular weight is 432 g/mol. The van der Waals surface area contributed by atoms with Gasteiger partial charge in [-0.1, -0.05) is 60.7 Å². The van der Waals surface area contributed by atoms with Gasteiger partial charge in [0.1, 0.15) is 11.9 Å². The number of carboxylic acid groups (broad SMARTS) is 1. The van der Waals surface area contributed by atoms with Crippen LogP contribution < -0.4 is 5.11 Å². The molecule has 1 fully saturated rings. The SMILES string of the molecule is O=C(c1ccccc1)c1cccc(COC2CN(C(=O)[O-])CCC2c2ccc(F)cc2)c1. The highest BCUT2D eigenvalue weighted by Crippen LogP contribution is 2.31. The molecule has 3 aromatic rings. The fourth-order valence-corrected chi connectivity index (χ4v) is 4.10. The molecule has 0 radical (unpaired) electrons. The Hall–Kier alpha value is -3.51. The lowest BCUT2D eigenvalue weighted by atomic mass is 9.87. The van der Waals surface area contributed by atoms with Crippen LogP contribution in [0.5, 0.6) is 0 Å². The summed E-state index contributed by atoms with van der Waals surface area (Å²) in [5.41, 5.74) is 2.89. The summed E-state index contributed by atoms with van der Waals surface area (Å²) in [6.07, 6.45) is -1.09. The fourth-order valence-electron chi connectivity index (χ4n) is 4.10. The first-order chi connectivity index (χ1) is 15.5. The first kappa shape index (κ1) is 21.7. The molecule has 164 valence electrons. The van der Waals surface area contributed by atoms with E-state index in [1.165, 1.54) is 17.0 Å². The van der Waals surface area contributed by atoms with Crippen molar-refractivity contribution >= 4 is 11.9 Å². The Morgan fingerprint density at radius 2 is 1.69 bits per heavy atom. The number of piperidine rings is 1. The third-order valence-electron chi connectivity index (χ3n) is 5.80. The number of carbonyl (C=O) groups is 2. The third kappa shape index (κ3) is 5.03. The third-order valence-corrected chi connectivity index (χ3v) is 5.80. The Bertz CT molecular complexity index is 1080. The number of benzene rings is 3. The molecule has 0 saturated carbocycles. The van der Waals surface area contributed by atoms with Crippen molar-refractivity contribution in [3.8, 4) is 0 Å². The first-order valence-electron chi connectivity index (χ1n) is 10.5. The van der Waals surface area contributed by atoms with Crippen molar-refractivity contribution < 1.29 is 23.8 Å². The number of ether oxygens (including phenoxy) is 1. The van der Waals surface area contributed by atoms with Crippen molar-refractivity contribution in [2.24, 2.45) is 0 Å². The molecule has 4 rings (SSSR count). The van der Waals surface area contributed by atoms with Gasteiger partial charge in [-0.25, -0.2) is 4.39 Å². The number of hydrogen-bond acceptors (Lipinski definition) is 4. The van der Waals surface area contributed by atoms with Gasteiger partial charge < -0.3 is 19.5 Å². The number of amides is 1. The topological polar surface area (TPSA) is 69.7 Å².